The summed E-state index contributed by atoms with van der Waals surface area (Å²) in [5.41, 5.74) is -0.870. The smallest absolute Gasteiger partial charge is 0.327 e. The molecule has 2 aliphatic rings. The third-order valence-corrected chi connectivity index (χ3v) is 3.77. The molecule has 6 nitrogen and oxygen atoms in total. The number of imide groups is 1. The molecule has 0 aromatic heterocycles. The average molecular weight is 240 g/mol. The quantitative estimate of drug-likeness (QED) is 0.730. The Balaban J connectivity index is 2.26. The van der Waals surface area contributed by atoms with Gasteiger partial charge in [0.1, 0.15) is 5.54 Å². The summed E-state index contributed by atoms with van der Waals surface area (Å²) in [6.07, 6.45) is 0.495. The van der Waals surface area contributed by atoms with Gasteiger partial charge in [0.25, 0.3) is 5.91 Å². The molecule has 1 aliphatic carbocycles. The standard InChI is InChI=1S/C11H16N2O4/c1-3-12-9(16)11(13(4-2)10(12)17)5-7(6-11)8(14)15/h7H,3-6H2,1-2H3,(H,14,15). The molecule has 2 fully saturated rings. The Hall–Kier alpha value is -1.59. The Kier molecular flexibility index (Phi) is 2.60. The van der Waals surface area contributed by atoms with E-state index < -0.39 is 17.4 Å². The third-order valence-electron chi connectivity index (χ3n) is 3.77. The van der Waals surface area contributed by atoms with E-state index in [0.29, 0.717) is 13.1 Å². The number of hydrogen-bond acceptors (Lipinski definition) is 3. The van der Waals surface area contributed by atoms with E-state index in [0.717, 1.165) is 0 Å². The van der Waals surface area contributed by atoms with Crippen LogP contribution in [0.5, 0.6) is 0 Å². The number of amides is 3. The van der Waals surface area contributed by atoms with Gasteiger partial charge in [-0.25, -0.2) is 4.79 Å². The van der Waals surface area contributed by atoms with Crippen molar-refractivity contribution in [1.82, 2.24) is 9.80 Å². The number of likely N-dealkylation sites (N-methyl/N-ethyl adjacent to an activating group) is 2. The molecule has 1 saturated carbocycles. The Labute approximate surface area is 99.2 Å². The summed E-state index contributed by atoms with van der Waals surface area (Å²) >= 11 is 0. The van der Waals surface area contributed by atoms with E-state index in [2.05, 4.69) is 0 Å². The van der Waals surface area contributed by atoms with Gasteiger partial charge in [-0.1, -0.05) is 0 Å². The molecule has 1 heterocycles. The van der Waals surface area contributed by atoms with Crippen molar-refractivity contribution in [3.05, 3.63) is 0 Å². The lowest BCUT2D eigenvalue weighted by molar-refractivity contribution is -0.154. The fourth-order valence-electron chi connectivity index (χ4n) is 2.82. The van der Waals surface area contributed by atoms with E-state index in [9.17, 15) is 14.4 Å². The highest BCUT2D eigenvalue weighted by Gasteiger charge is 2.64. The number of carboxylic acid groups (broad SMARTS) is 1. The molecule has 94 valence electrons. The number of carbonyl (C=O) groups excluding carboxylic acids is 2. The minimum atomic E-state index is -0.887. The highest BCUT2D eigenvalue weighted by molar-refractivity contribution is 6.08. The zero-order valence-electron chi connectivity index (χ0n) is 9.97. The van der Waals surface area contributed by atoms with Crippen molar-refractivity contribution in [1.29, 1.82) is 0 Å². The van der Waals surface area contributed by atoms with Crippen LogP contribution in [-0.2, 0) is 9.59 Å². The van der Waals surface area contributed by atoms with Gasteiger partial charge in [-0.3, -0.25) is 14.5 Å². The first-order valence-electron chi connectivity index (χ1n) is 5.84. The van der Waals surface area contributed by atoms with Gasteiger partial charge in [-0.2, -0.15) is 0 Å². The molecular weight excluding hydrogens is 224 g/mol. The SMILES string of the molecule is CCN1C(=O)N(CC)C2(CC(C(=O)O)C2)C1=O. The van der Waals surface area contributed by atoms with E-state index in [1.165, 1.54) is 9.80 Å². The number of nitrogens with zero attached hydrogens (tertiary/aromatic N) is 2. The Bertz CT molecular complexity index is 387. The summed E-state index contributed by atoms with van der Waals surface area (Å²) in [6, 6.07) is -0.288. The number of aliphatic carboxylic acids is 1. The van der Waals surface area contributed by atoms with Crippen LogP contribution in [-0.4, -0.2) is 51.4 Å². The van der Waals surface area contributed by atoms with Crippen molar-refractivity contribution >= 4 is 17.9 Å². The molecule has 1 saturated heterocycles. The van der Waals surface area contributed by atoms with Crippen LogP contribution in [0.2, 0.25) is 0 Å². The fraction of sp³-hybridized carbons (Fsp3) is 0.727. The average Bonchev–Trinajstić information content (AvgIpc) is 2.43. The van der Waals surface area contributed by atoms with Gasteiger partial charge in [0, 0.05) is 13.1 Å². The van der Waals surface area contributed by atoms with E-state index in [1.54, 1.807) is 13.8 Å². The maximum absolute atomic E-state index is 12.2. The normalized spacial score (nSPS) is 32.2. The van der Waals surface area contributed by atoms with Crippen molar-refractivity contribution < 1.29 is 19.5 Å². The molecule has 17 heavy (non-hydrogen) atoms. The summed E-state index contributed by atoms with van der Waals surface area (Å²) in [6.45, 7) is 4.33. The second kappa shape index (κ2) is 3.72. The highest BCUT2D eigenvalue weighted by atomic mass is 16.4. The summed E-state index contributed by atoms with van der Waals surface area (Å²) < 4.78 is 0. The van der Waals surface area contributed by atoms with Gasteiger partial charge < -0.3 is 10.0 Å². The molecule has 1 spiro atoms. The van der Waals surface area contributed by atoms with E-state index in [-0.39, 0.29) is 24.8 Å². The van der Waals surface area contributed by atoms with Crippen LogP contribution < -0.4 is 0 Å². The van der Waals surface area contributed by atoms with E-state index in [4.69, 9.17) is 5.11 Å². The Morgan fingerprint density at radius 1 is 1.35 bits per heavy atom. The lowest BCUT2D eigenvalue weighted by Crippen LogP contribution is -2.60. The number of carbonyl (C=O) groups is 3. The highest BCUT2D eigenvalue weighted by Crippen LogP contribution is 2.47. The van der Waals surface area contributed by atoms with Crippen LogP contribution >= 0.6 is 0 Å². The maximum Gasteiger partial charge on any atom is 0.327 e. The lowest BCUT2D eigenvalue weighted by Gasteiger charge is -2.45. The van der Waals surface area contributed by atoms with Gasteiger partial charge in [0.2, 0.25) is 0 Å². The first-order valence-corrected chi connectivity index (χ1v) is 5.84. The number of urea groups is 1. The van der Waals surface area contributed by atoms with Crippen molar-refractivity contribution in [3.8, 4) is 0 Å². The van der Waals surface area contributed by atoms with Gasteiger partial charge in [0.15, 0.2) is 0 Å². The van der Waals surface area contributed by atoms with Crippen molar-refractivity contribution in [3.63, 3.8) is 0 Å². The zero-order valence-corrected chi connectivity index (χ0v) is 9.97. The van der Waals surface area contributed by atoms with Gasteiger partial charge in [-0.15, -0.1) is 0 Å². The molecule has 0 aromatic carbocycles. The predicted molar refractivity (Wildman–Crippen MR) is 58.3 cm³/mol. The molecule has 0 aromatic rings. The van der Waals surface area contributed by atoms with Crippen LogP contribution in [0.25, 0.3) is 0 Å². The first kappa shape index (κ1) is 11.9. The first-order chi connectivity index (χ1) is 7.97. The van der Waals surface area contributed by atoms with Gasteiger partial charge in [-0.05, 0) is 26.7 Å². The van der Waals surface area contributed by atoms with Crippen molar-refractivity contribution in [2.24, 2.45) is 5.92 Å². The van der Waals surface area contributed by atoms with Gasteiger partial charge >= 0.3 is 12.0 Å². The third kappa shape index (κ3) is 1.36. The number of rotatable bonds is 3. The molecule has 0 atom stereocenters. The van der Waals surface area contributed by atoms with E-state index in [1.807, 2.05) is 0 Å². The molecule has 1 N–H and O–H groups in total. The van der Waals surface area contributed by atoms with Crippen LogP contribution in [0, 0.1) is 5.92 Å². The Morgan fingerprint density at radius 3 is 2.35 bits per heavy atom. The second-order valence-electron chi connectivity index (χ2n) is 4.55. The molecular formula is C11H16N2O4. The molecule has 3 amide bonds. The minimum absolute atomic E-state index is 0.232. The Morgan fingerprint density at radius 2 is 1.94 bits per heavy atom. The van der Waals surface area contributed by atoms with Crippen molar-refractivity contribution in [2.75, 3.05) is 13.1 Å². The van der Waals surface area contributed by atoms with Crippen LogP contribution in [0.1, 0.15) is 26.7 Å². The molecule has 2 rings (SSSR count). The second-order valence-corrected chi connectivity index (χ2v) is 4.55. The largest absolute Gasteiger partial charge is 0.481 e. The predicted octanol–water partition coefficient (Wildman–Crippen LogP) is 0.524. The topological polar surface area (TPSA) is 77.9 Å². The zero-order chi connectivity index (χ0) is 12.8. The summed E-state index contributed by atoms with van der Waals surface area (Å²) in [5, 5.41) is 8.88. The van der Waals surface area contributed by atoms with Crippen LogP contribution in [0.4, 0.5) is 4.79 Å². The minimum Gasteiger partial charge on any atom is -0.481 e. The maximum atomic E-state index is 12.2. The van der Waals surface area contributed by atoms with Crippen LogP contribution in [0.15, 0.2) is 0 Å². The van der Waals surface area contributed by atoms with Crippen LogP contribution in [0.3, 0.4) is 0 Å². The number of carboxylic acids is 1. The fourth-order valence-corrected chi connectivity index (χ4v) is 2.82. The van der Waals surface area contributed by atoms with Gasteiger partial charge in [0.05, 0.1) is 5.92 Å². The van der Waals surface area contributed by atoms with E-state index >= 15 is 0 Å². The molecule has 1 aliphatic heterocycles. The molecule has 6 heteroatoms. The lowest BCUT2D eigenvalue weighted by atomic mass is 9.67. The molecule has 0 bridgehead atoms. The number of hydrogen-bond donors (Lipinski definition) is 1. The molecule has 0 radical (unpaired) electrons. The summed E-state index contributed by atoms with van der Waals surface area (Å²) in [4.78, 5) is 37.7. The summed E-state index contributed by atoms with van der Waals surface area (Å²) in [5.74, 6) is -1.62. The summed E-state index contributed by atoms with van der Waals surface area (Å²) in [7, 11) is 0. The molecule has 0 unspecified atom stereocenters. The monoisotopic (exact) mass is 240 g/mol. The van der Waals surface area contributed by atoms with Crippen molar-refractivity contribution in [2.45, 2.75) is 32.2 Å².